The van der Waals surface area contributed by atoms with Crippen molar-refractivity contribution >= 4 is 17.5 Å². The summed E-state index contributed by atoms with van der Waals surface area (Å²) in [4.78, 5) is 10.7. The Kier molecular flexibility index (Phi) is 4.99. The van der Waals surface area contributed by atoms with Gasteiger partial charge < -0.3 is 4.90 Å². The Bertz CT molecular complexity index is 668. The van der Waals surface area contributed by atoms with Gasteiger partial charge in [-0.05, 0) is 29.2 Å². The Balaban J connectivity index is 2.29. The highest BCUT2D eigenvalue weighted by Crippen LogP contribution is 2.21. The lowest BCUT2D eigenvalue weighted by Crippen LogP contribution is -2.33. The van der Waals surface area contributed by atoms with Gasteiger partial charge in [0.2, 0.25) is 5.95 Å². The van der Waals surface area contributed by atoms with E-state index in [1.807, 2.05) is 24.3 Å². The summed E-state index contributed by atoms with van der Waals surface area (Å²) in [6.45, 7) is 7.94. The van der Waals surface area contributed by atoms with Crippen molar-refractivity contribution in [2.75, 3.05) is 11.4 Å². The van der Waals surface area contributed by atoms with E-state index in [0.29, 0.717) is 23.2 Å². The van der Waals surface area contributed by atoms with Gasteiger partial charge in [-0.15, -0.1) is 0 Å². The van der Waals surface area contributed by atoms with Crippen LogP contribution in [-0.2, 0) is 6.54 Å². The van der Waals surface area contributed by atoms with E-state index in [9.17, 15) is 0 Å². The van der Waals surface area contributed by atoms with Crippen LogP contribution in [0.5, 0.6) is 0 Å². The molecule has 114 valence electrons. The second-order valence-corrected chi connectivity index (χ2v) is 6.83. The number of nitrogens with zero attached hydrogens (tertiary/aromatic N) is 4. The molecule has 0 unspecified atom stereocenters. The Labute approximate surface area is 136 Å². The third-order valence-corrected chi connectivity index (χ3v) is 3.24. The summed E-state index contributed by atoms with van der Waals surface area (Å²) in [7, 11) is 0. The molecule has 5 heteroatoms. The van der Waals surface area contributed by atoms with Gasteiger partial charge in [-0.3, -0.25) is 0 Å². The lowest BCUT2D eigenvalue weighted by atomic mass is 9.96. The number of anilines is 1. The monoisotopic (exact) mass is 314 g/mol. The van der Waals surface area contributed by atoms with Crippen molar-refractivity contribution in [3.63, 3.8) is 0 Å². The lowest BCUT2D eigenvalue weighted by Gasteiger charge is -2.30. The predicted molar refractivity (Wildman–Crippen MR) is 88.7 cm³/mol. The van der Waals surface area contributed by atoms with E-state index in [1.54, 1.807) is 12.3 Å². The zero-order valence-corrected chi connectivity index (χ0v) is 13.8. The molecule has 0 saturated carbocycles. The smallest absolute Gasteiger partial charge is 0.226 e. The summed E-state index contributed by atoms with van der Waals surface area (Å²) in [6, 6.07) is 11.4. The first-order valence-corrected chi connectivity index (χ1v) is 7.48. The molecule has 0 bridgehead atoms. The molecule has 0 N–H and O–H groups in total. The molecule has 0 aliphatic heterocycles. The summed E-state index contributed by atoms with van der Waals surface area (Å²) in [5.41, 5.74) is 1.58. The van der Waals surface area contributed by atoms with E-state index in [1.165, 1.54) is 0 Å². The molecule has 0 fully saturated rings. The molecule has 1 aromatic heterocycles. The topological polar surface area (TPSA) is 52.8 Å². The molecule has 1 aromatic carbocycles. The quantitative estimate of drug-likeness (QED) is 0.854. The van der Waals surface area contributed by atoms with Crippen molar-refractivity contribution < 1.29 is 0 Å². The molecule has 0 aliphatic carbocycles. The van der Waals surface area contributed by atoms with Crippen molar-refractivity contribution in [2.24, 2.45) is 5.41 Å². The average Bonchev–Trinajstić information content (AvgIpc) is 2.47. The van der Waals surface area contributed by atoms with Crippen LogP contribution in [0.4, 0.5) is 5.95 Å². The van der Waals surface area contributed by atoms with Crippen LogP contribution < -0.4 is 4.90 Å². The van der Waals surface area contributed by atoms with Crippen molar-refractivity contribution in [3.8, 4) is 6.07 Å². The Morgan fingerprint density at radius 3 is 2.45 bits per heavy atom. The molecular weight excluding hydrogens is 296 g/mol. The highest BCUT2D eigenvalue weighted by Gasteiger charge is 2.19. The van der Waals surface area contributed by atoms with Gasteiger partial charge in [-0.2, -0.15) is 5.26 Å². The van der Waals surface area contributed by atoms with E-state index in [4.69, 9.17) is 16.9 Å². The fourth-order valence-corrected chi connectivity index (χ4v) is 2.27. The third kappa shape index (κ3) is 4.71. The second-order valence-electron chi connectivity index (χ2n) is 6.40. The minimum absolute atomic E-state index is 0.0818. The first kappa shape index (κ1) is 16.3. The molecule has 0 amide bonds. The van der Waals surface area contributed by atoms with Gasteiger partial charge in [-0.25, -0.2) is 9.97 Å². The molecule has 0 radical (unpaired) electrons. The van der Waals surface area contributed by atoms with Crippen LogP contribution >= 0.6 is 11.6 Å². The zero-order chi connectivity index (χ0) is 16.2. The van der Waals surface area contributed by atoms with Gasteiger partial charge >= 0.3 is 0 Å². The molecule has 0 aliphatic rings. The number of hydrogen-bond donors (Lipinski definition) is 0. The molecule has 1 heterocycles. The molecule has 4 nitrogen and oxygen atoms in total. The normalized spacial score (nSPS) is 11.0. The number of aromatic nitrogens is 2. The van der Waals surface area contributed by atoms with Crippen molar-refractivity contribution in [1.29, 1.82) is 5.26 Å². The number of hydrogen-bond acceptors (Lipinski definition) is 4. The van der Waals surface area contributed by atoms with Crippen LogP contribution in [0.25, 0.3) is 0 Å². The predicted octanol–water partition coefficient (Wildman–Crippen LogP) is 4.05. The Morgan fingerprint density at radius 2 is 1.86 bits per heavy atom. The Hall–Kier alpha value is -2.12. The zero-order valence-electron chi connectivity index (χ0n) is 13.0. The first-order valence-electron chi connectivity index (χ1n) is 7.10. The molecule has 0 atom stereocenters. The summed E-state index contributed by atoms with van der Waals surface area (Å²) in [6.07, 6.45) is 1.62. The van der Waals surface area contributed by atoms with Crippen LogP contribution in [0.1, 0.15) is 32.0 Å². The summed E-state index contributed by atoms with van der Waals surface area (Å²) < 4.78 is 0. The van der Waals surface area contributed by atoms with Crippen LogP contribution in [0.3, 0.4) is 0 Å². The minimum Gasteiger partial charge on any atom is -0.336 e. The van der Waals surface area contributed by atoms with E-state index < -0.39 is 0 Å². The fourth-order valence-electron chi connectivity index (χ4n) is 2.14. The van der Waals surface area contributed by atoms with Gasteiger partial charge in [0.15, 0.2) is 0 Å². The lowest BCUT2D eigenvalue weighted by molar-refractivity contribution is 0.406. The van der Waals surface area contributed by atoms with Crippen molar-refractivity contribution in [1.82, 2.24) is 9.97 Å². The van der Waals surface area contributed by atoms with Crippen LogP contribution in [0.15, 0.2) is 36.5 Å². The van der Waals surface area contributed by atoms with E-state index in [2.05, 4.69) is 41.7 Å². The summed E-state index contributed by atoms with van der Waals surface area (Å²) >= 11 is 5.94. The second kappa shape index (κ2) is 6.76. The Morgan fingerprint density at radius 1 is 1.18 bits per heavy atom. The first-order chi connectivity index (χ1) is 10.4. The van der Waals surface area contributed by atoms with Gasteiger partial charge in [0.05, 0.1) is 0 Å². The third-order valence-electron chi connectivity index (χ3n) is 2.99. The summed E-state index contributed by atoms with van der Waals surface area (Å²) in [5.74, 6) is 0.573. The highest BCUT2D eigenvalue weighted by molar-refractivity contribution is 6.30. The van der Waals surface area contributed by atoms with Crippen LogP contribution in [0, 0.1) is 16.7 Å². The number of benzene rings is 1. The van der Waals surface area contributed by atoms with E-state index in [0.717, 1.165) is 12.1 Å². The molecule has 2 aromatic rings. The SMILES string of the molecule is CC(C)(C)CN(Cc1ccc(Cl)cc1)c1nccc(C#N)n1. The van der Waals surface area contributed by atoms with Gasteiger partial charge in [0.1, 0.15) is 11.8 Å². The van der Waals surface area contributed by atoms with E-state index >= 15 is 0 Å². The van der Waals surface area contributed by atoms with Crippen molar-refractivity contribution in [3.05, 3.63) is 52.8 Å². The van der Waals surface area contributed by atoms with E-state index in [-0.39, 0.29) is 5.41 Å². The van der Waals surface area contributed by atoms with Gasteiger partial charge in [0.25, 0.3) is 0 Å². The molecule has 0 spiro atoms. The number of rotatable bonds is 4. The minimum atomic E-state index is 0.0818. The van der Waals surface area contributed by atoms with Gasteiger partial charge in [0, 0.05) is 24.3 Å². The average molecular weight is 315 g/mol. The summed E-state index contributed by atoms with van der Waals surface area (Å²) in [5, 5.41) is 9.74. The molecule has 22 heavy (non-hydrogen) atoms. The maximum atomic E-state index is 9.02. The standard InChI is InChI=1S/C17H19ClN4/c1-17(2,3)12-22(11-13-4-6-14(18)7-5-13)16-20-9-8-15(10-19)21-16/h4-9H,11-12H2,1-3H3. The largest absolute Gasteiger partial charge is 0.336 e. The van der Waals surface area contributed by atoms with Gasteiger partial charge in [-0.1, -0.05) is 44.5 Å². The highest BCUT2D eigenvalue weighted by atomic mass is 35.5. The molecule has 2 rings (SSSR count). The molecule has 0 saturated heterocycles. The molecular formula is C17H19ClN4. The van der Waals surface area contributed by atoms with Crippen molar-refractivity contribution in [2.45, 2.75) is 27.3 Å². The maximum Gasteiger partial charge on any atom is 0.226 e. The fraction of sp³-hybridized carbons (Fsp3) is 0.353. The maximum absolute atomic E-state index is 9.02. The number of halogens is 1. The van der Waals surface area contributed by atoms with Crippen LogP contribution in [0.2, 0.25) is 5.02 Å². The number of nitriles is 1. The van der Waals surface area contributed by atoms with Crippen LogP contribution in [-0.4, -0.2) is 16.5 Å².